The average molecular weight is 218 g/mol. The van der Waals surface area contributed by atoms with Gasteiger partial charge in [0, 0.05) is 0 Å². The predicted octanol–water partition coefficient (Wildman–Crippen LogP) is 3.38. The topological polar surface area (TPSA) is 15.3 Å². The number of rotatable bonds is 5. The molecule has 0 heterocycles. The summed E-state index contributed by atoms with van der Waals surface area (Å²) in [6, 6.07) is 0. The van der Waals surface area contributed by atoms with E-state index in [-0.39, 0.29) is 0 Å². The van der Waals surface area contributed by atoms with Crippen molar-refractivity contribution >= 4 is 0 Å². The van der Waals surface area contributed by atoms with E-state index >= 15 is 0 Å². The number of nitrogens with zero attached hydrogens (tertiary/aromatic N) is 1. The first-order chi connectivity index (χ1) is 7.17. The standard InChI is InChI=1S/C8H19N.C3H8.C2H7N/c1-4-7-9(6-3)8-5-2;2*1-3-2/h4-8H2,1-3H3;3H2,1-2H3;3H,1-2H3. The van der Waals surface area contributed by atoms with E-state index in [1.165, 1.54) is 38.9 Å². The largest absolute Gasteiger partial charge is 0.323 e. The van der Waals surface area contributed by atoms with Gasteiger partial charge in [0.1, 0.15) is 0 Å². The summed E-state index contributed by atoms with van der Waals surface area (Å²) in [6.45, 7) is 14.7. The molecule has 0 aromatic carbocycles. The molecule has 0 aliphatic heterocycles. The van der Waals surface area contributed by atoms with E-state index in [1.807, 2.05) is 14.1 Å². The van der Waals surface area contributed by atoms with Crippen molar-refractivity contribution in [1.29, 1.82) is 0 Å². The summed E-state index contributed by atoms with van der Waals surface area (Å²) in [5, 5.41) is 2.75. The lowest BCUT2D eigenvalue weighted by molar-refractivity contribution is 0.289. The maximum absolute atomic E-state index is 2.75. The average Bonchev–Trinajstić information content (AvgIpc) is 2.20. The van der Waals surface area contributed by atoms with Gasteiger partial charge in [-0.1, -0.05) is 41.0 Å². The molecule has 0 amide bonds. The Bertz CT molecular complexity index is 66.9. The van der Waals surface area contributed by atoms with Crippen LogP contribution in [0, 0.1) is 0 Å². The third kappa shape index (κ3) is 31.5. The Morgan fingerprint density at radius 3 is 1.20 bits per heavy atom. The SMILES string of the molecule is CCC.CCCN(CC)CCC.CNC. The lowest BCUT2D eigenvalue weighted by atomic mass is 10.3. The Morgan fingerprint density at radius 1 is 0.800 bits per heavy atom. The van der Waals surface area contributed by atoms with Gasteiger partial charge in [0.2, 0.25) is 0 Å². The van der Waals surface area contributed by atoms with Crippen molar-refractivity contribution < 1.29 is 0 Å². The molecule has 0 unspecified atom stereocenters. The fourth-order valence-corrected chi connectivity index (χ4v) is 1.06. The molecule has 0 aromatic heterocycles. The van der Waals surface area contributed by atoms with Crippen LogP contribution in [0.25, 0.3) is 0 Å². The van der Waals surface area contributed by atoms with Gasteiger partial charge in [0.15, 0.2) is 0 Å². The smallest absolute Gasteiger partial charge is 0.00215 e. The van der Waals surface area contributed by atoms with E-state index in [9.17, 15) is 0 Å². The summed E-state index contributed by atoms with van der Waals surface area (Å²) in [6.07, 6.45) is 3.82. The molecule has 96 valence electrons. The maximum Gasteiger partial charge on any atom is -0.00215 e. The Balaban J connectivity index is -0.000000200. The van der Waals surface area contributed by atoms with Crippen molar-refractivity contribution in [3.63, 3.8) is 0 Å². The Labute approximate surface area is 98.4 Å². The van der Waals surface area contributed by atoms with Crippen LogP contribution >= 0.6 is 0 Å². The van der Waals surface area contributed by atoms with Crippen molar-refractivity contribution in [2.24, 2.45) is 0 Å². The van der Waals surface area contributed by atoms with Gasteiger partial charge in [-0.05, 0) is 46.6 Å². The van der Waals surface area contributed by atoms with Crippen LogP contribution in [-0.2, 0) is 0 Å². The zero-order valence-electron chi connectivity index (χ0n) is 12.2. The maximum atomic E-state index is 2.75. The van der Waals surface area contributed by atoms with E-state index in [4.69, 9.17) is 0 Å². The molecule has 0 atom stereocenters. The quantitative estimate of drug-likeness (QED) is 0.761. The summed E-state index contributed by atoms with van der Waals surface area (Å²) < 4.78 is 0. The lowest BCUT2D eigenvalue weighted by Gasteiger charge is -2.17. The summed E-state index contributed by atoms with van der Waals surface area (Å²) >= 11 is 0. The summed E-state index contributed by atoms with van der Waals surface area (Å²) in [7, 11) is 3.75. The third-order valence-corrected chi connectivity index (χ3v) is 1.53. The van der Waals surface area contributed by atoms with Crippen molar-refractivity contribution in [3.8, 4) is 0 Å². The first-order valence-electron chi connectivity index (χ1n) is 6.48. The van der Waals surface area contributed by atoms with Gasteiger partial charge in [-0.2, -0.15) is 0 Å². The van der Waals surface area contributed by atoms with Gasteiger partial charge in [-0.3, -0.25) is 0 Å². The molecular weight excluding hydrogens is 184 g/mol. The molecule has 2 nitrogen and oxygen atoms in total. The first-order valence-corrected chi connectivity index (χ1v) is 6.48. The van der Waals surface area contributed by atoms with Crippen LogP contribution in [-0.4, -0.2) is 38.6 Å². The second kappa shape index (κ2) is 23.6. The van der Waals surface area contributed by atoms with Crippen LogP contribution in [0.2, 0.25) is 0 Å². The summed E-state index contributed by atoms with van der Waals surface area (Å²) in [5.74, 6) is 0. The van der Waals surface area contributed by atoms with Crippen LogP contribution in [0.3, 0.4) is 0 Å². The third-order valence-electron chi connectivity index (χ3n) is 1.53. The minimum Gasteiger partial charge on any atom is -0.323 e. The summed E-state index contributed by atoms with van der Waals surface area (Å²) in [5.41, 5.74) is 0. The molecule has 0 rings (SSSR count). The van der Waals surface area contributed by atoms with Crippen molar-refractivity contribution in [2.75, 3.05) is 33.7 Å². The van der Waals surface area contributed by atoms with Crippen LogP contribution in [0.1, 0.15) is 53.9 Å². The highest BCUT2D eigenvalue weighted by atomic mass is 15.1. The number of nitrogens with one attached hydrogen (secondary N) is 1. The normalized spacial score (nSPS) is 8.80. The number of hydrogen-bond acceptors (Lipinski definition) is 2. The van der Waals surface area contributed by atoms with E-state index in [1.54, 1.807) is 0 Å². The van der Waals surface area contributed by atoms with Crippen LogP contribution in [0.5, 0.6) is 0 Å². The van der Waals surface area contributed by atoms with E-state index in [0.29, 0.717) is 0 Å². The van der Waals surface area contributed by atoms with Gasteiger partial charge in [0.25, 0.3) is 0 Å². The minimum atomic E-state index is 1.21. The fourth-order valence-electron chi connectivity index (χ4n) is 1.06. The van der Waals surface area contributed by atoms with Gasteiger partial charge >= 0.3 is 0 Å². The fraction of sp³-hybridized carbons (Fsp3) is 1.00. The number of hydrogen-bond donors (Lipinski definition) is 1. The molecular formula is C13H34N2. The molecule has 0 fully saturated rings. The van der Waals surface area contributed by atoms with Crippen LogP contribution in [0.4, 0.5) is 0 Å². The van der Waals surface area contributed by atoms with Gasteiger partial charge in [-0.25, -0.2) is 0 Å². The van der Waals surface area contributed by atoms with Crippen molar-refractivity contribution in [1.82, 2.24) is 10.2 Å². The first kappa shape index (κ1) is 20.3. The van der Waals surface area contributed by atoms with E-state index in [2.05, 4.69) is 44.8 Å². The molecule has 0 bridgehead atoms. The highest BCUT2D eigenvalue weighted by Gasteiger charge is 1.95. The molecule has 0 aromatic rings. The minimum absolute atomic E-state index is 1.21. The molecule has 1 N–H and O–H groups in total. The Morgan fingerprint density at radius 2 is 1.07 bits per heavy atom. The van der Waals surface area contributed by atoms with Crippen LogP contribution in [0.15, 0.2) is 0 Å². The predicted molar refractivity (Wildman–Crippen MR) is 73.6 cm³/mol. The van der Waals surface area contributed by atoms with E-state index < -0.39 is 0 Å². The highest BCUT2D eigenvalue weighted by molar-refractivity contribution is 4.50. The Kier molecular flexibility index (Phi) is 32.0. The molecule has 15 heavy (non-hydrogen) atoms. The lowest BCUT2D eigenvalue weighted by Crippen LogP contribution is -2.24. The second-order valence-electron chi connectivity index (χ2n) is 3.64. The van der Waals surface area contributed by atoms with Crippen molar-refractivity contribution in [3.05, 3.63) is 0 Å². The highest BCUT2D eigenvalue weighted by Crippen LogP contribution is 1.91. The van der Waals surface area contributed by atoms with Gasteiger partial charge < -0.3 is 10.2 Å². The molecule has 2 heteroatoms. The molecule has 0 saturated carbocycles. The van der Waals surface area contributed by atoms with Gasteiger partial charge in [0.05, 0.1) is 0 Å². The van der Waals surface area contributed by atoms with Crippen molar-refractivity contribution in [2.45, 2.75) is 53.9 Å². The van der Waals surface area contributed by atoms with E-state index in [0.717, 1.165) is 0 Å². The second-order valence-corrected chi connectivity index (χ2v) is 3.64. The molecule has 0 saturated heterocycles. The Hall–Kier alpha value is -0.0800. The van der Waals surface area contributed by atoms with Gasteiger partial charge in [-0.15, -0.1) is 0 Å². The van der Waals surface area contributed by atoms with Crippen LogP contribution < -0.4 is 5.32 Å². The monoisotopic (exact) mass is 218 g/mol. The molecule has 0 spiro atoms. The molecule has 0 aliphatic carbocycles. The zero-order valence-corrected chi connectivity index (χ0v) is 12.2. The molecule has 0 aliphatic rings. The zero-order chi connectivity index (χ0) is 12.5. The molecule has 0 radical (unpaired) electrons. The summed E-state index contributed by atoms with van der Waals surface area (Å²) in [4.78, 5) is 2.49.